The van der Waals surface area contributed by atoms with Crippen LogP contribution in [-0.2, 0) is 11.2 Å². The molecule has 0 radical (unpaired) electrons. The van der Waals surface area contributed by atoms with Crippen molar-refractivity contribution >= 4 is 38.8 Å². The van der Waals surface area contributed by atoms with Crippen molar-refractivity contribution in [3.05, 3.63) is 70.3 Å². The molecule has 6 nitrogen and oxygen atoms in total. The molecule has 3 aromatic rings. The largest absolute Gasteiger partial charge is 0.361 e. The number of urea groups is 1. The number of fused-ring (bicyclic) bond motifs is 1. The standard InChI is InChI=1S/C20H21BrN4O2/c21-15-5-3-4-13(10-15)18(25-20(22)27)11-19(26)23-9-8-14-12-24-17-7-2-1-6-16(14)17/h1-7,10,12,18,24H,8-9,11H2,(H,23,26)(H3,22,25,27)/t18-/m1/s1. The molecule has 0 aliphatic carbocycles. The predicted octanol–water partition coefficient (Wildman–Crippen LogP) is 3.39. The van der Waals surface area contributed by atoms with Crippen LogP contribution in [0.4, 0.5) is 4.79 Å². The molecule has 140 valence electrons. The van der Waals surface area contributed by atoms with Gasteiger partial charge in [0.15, 0.2) is 0 Å². The smallest absolute Gasteiger partial charge is 0.312 e. The van der Waals surface area contributed by atoms with Crippen LogP contribution in [0.25, 0.3) is 10.9 Å². The molecule has 7 heteroatoms. The SMILES string of the molecule is NC(=O)N[C@H](CC(=O)NCCc1c[nH]c2ccccc12)c1cccc(Br)c1. The van der Waals surface area contributed by atoms with Crippen molar-refractivity contribution in [2.45, 2.75) is 18.9 Å². The van der Waals surface area contributed by atoms with E-state index in [1.165, 1.54) is 0 Å². The molecule has 1 atom stereocenters. The number of rotatable bonds is 7. The zero-order valence-electron chi connectivity index (χ0n) is 14.7. The number of carbonyl (C=O) groups is 2. The minimum absolute atomic E-state index is 0.118. The van der Waals surface area contributed by atoms with Crippen LogP contribution in [0.3, 0.4) is 0 Å². The molecule has 0 saturated heterocycles. The van der Waals surface area contributed by atoms with Gasteiger partial charge in [0.1, 0.15) is 0 Å². The maximum absolute atomic E-state index is 12.4. The molecule has 3 rings (SSSR count). The van der Waals surface area contributed by atoms with E-state index in [1.807, 2.05) is 48.7 Å². The van der Waals surface area contributed by atoms with Crippen LogP contribution in [-0.4, -0.2) is 23.5 Å². The molecule has 0 spiro atoms. The zero-order valence-corrected chi connectivity index (χ0v) is 16.3. The fourth-order valence-corrected chi connectivity index (χ4v) is 3.50. The van der Waals surface area contributed by atoms with Gasteiger partial charge in [0.05, 0.1) is 12.5 Å². The molecule has 0 fully saturated rings. The number of H-pyrrole nitrogens is 1. The van der Waals surface area contributed by atoms with Gasteiger partial charge < -0.3 is 21.4 Å². The Hall–Kier alpha value is -2.80. The highest BCUT2D eigenvalue weighted by molar-refractivity contribution is 9.10. The van der Waals surface area contributed by atoms with Crippen LogP contribution in [0, 0.1) is 0 Å². The van der Waals surface area contributed by atoms with Crippen molar-refractivity contribution in [3.8, 4) is 0 Å². The maximum Gasteiger partial charge on any atom is 0.312 e. The van der Waals surface area contributed by atoms with Gasteiger partial charge in [-0.3, -0.25) is 4.79 Å². The first-order valence-electron chi connectivity index (χ1n) is 8.66. The Labute approximate surface area is 165 Å². The lowest BCUT2D eigenvalue weighted by Gasteiger charge is -2.18. The molecule has 2 aromatic carbocycles. The number of nitrogens with two attached hydrogens (primary N) is 1. The van der Waals surface area contributed by atoms with Gasteiger partial charge in [0, 0.05) is 28.1 Å². The summed E-state index contributed by atoms with van der Waals surface area (Å²) in [6.07, 6.45) is 2.81. The van der Waals surface area contributed by atoms with Gasteiger partial charge in [-0.05, 0) is 35.7 Å². The quantitative estimate of drug-likeness (QED) is 0.463. The van der Waals surface area contributed by atoms with E-state index in [-0.39, 0.29) is 12.3 Å². The highest BCUT2D eigenvalue weighted by Crippen LogP contribution is 2.21. The van der Waals surface area contributed by atoms with Crippen molar-refractivity contribution in [1.29, 1.82) is 0 Å². The average molecular weight is 429 g/mol. The Morgan fingerprint density at radius 2 is 1.96 bits per heavy atom. The monoisotopic (exact) mass is 428 g/mol. The summed E-state index contributed by atoms with van der Waals surface area (Å²) in [6.45, 7) is 0.516. The number of aromatic amines is 1. The number of para-hydroxylation sites is 1. The molecular weight excluding hydrogens is 408 g/mol. The minimum atomic E-state index is -0.661. The second-order valence-corrected chi connectivity index (χ2v) is 7.20. The Kier molecular flexibility index (Phi) is 6.13. The Morgan fingerprint density at radius 1 is 1.15 bits per heavy atom. The van der Waals surface area contributed by atoms with E-state index >= 15 is 0 Å². The molecule has 0 aliphatic heterocycles. The summed E-state index contributed by atoms with van der Waals surface area (Å²) < 4.78 is 0.871. The molecule has 27 heavy (non-hydrogen) atoms. The molecule has 0 unspecified atom stereocenters. The number of nitrogens with one attached hydrogen (secondary N) is 3. The second-order valence-electron chi connectivity index (χ2n) is 6.28. The molecule has 0 saturated carbocycles. The van der Waals surface area contributed by atoms with Crippen LogP contribution in [0.1, 0.15) is 23.6 Å². The highest BCUT2D eigenvalue weighted by atomic mass is 79.9. The van der Waals surface area contributed by atoms with Gasteiger partial charge >= 0.3 is 6.03 Å². The third-order valence-corrected chi connectivity index (χ3v) is 4.84. The normalized spacial score (nSPS) is 11.9. The van der Waals surface area contributed by atoms with Crippen molar-refractivity contribution in [3.63, 3.8) is 0 Å². The zero-order chi connectivity index (χ0) is 19.2. The molecule has 1 aromatic heterocycles. The van der Waals surface area contributed by atoms with E-state index in [0.29, 0.717) is 6.54 Å². The van der Waals surface area contributed by atoms with Gasteiger partial charge in [-0.25, -0.2) is 4.79 Å². The number of carbonyl (C=O) groups excluding carboxylic acids is 2. The Balaban J connectivity index is 1.58. The van der Waals surface area contributed by atoms with E-state index in [2.05, 4.69) is 37.6 Å². The van der Waals surface area contributed by atoms with E-state index in [0.717, 1.165) is 32.9 Å². The molecule has 0 aliphatic rings. The van der Waals surface area contributed by atoms with Crippen LogP contribution < -0.4 is 16.4 Å². The number of hydrogen-bond donors (Lipinski definition) is 4. The van der Waals surface area contributed by atoms with Crippen molar-refractivity contribution in [2.24, 2.45) is 5.73 Å². The summed E-state index contributed by atoms with van der Waals surface area (Å²) in [5, 5.41) is 6.71. The van der Waals surface area contributed by atoms with Gasteiger partial charge in [-0.2, -0.15) is 0 Å². The minimum Gasteiger partial charge on any atom is -0.361 e. The summed E-state index contributed by atoms with van der Waals surface area (Å²) in [4.78, 5) is 26.9. The molecular formula is C20H21BrN4O2. The van der Waals surface area contributed by atoms with E-state index in [4.69, 9.17) is 5.73 Å². The number of aromatic nitrogens is 1. The van der Waals surface area contributed by atoms with Gasteiger partial charge in [0.25, 0.3) is 0 Å². The summed E-state index contributed by atoms with van der Waals surface area (Å²) in [7, 11) is 0. The Morgan fingerprint density at radius 3 is 2.74 bits per heavy atom. The lowest BCUT2D eigenvalue weighted by molar-refractivity contribution is -0.121. The fraction of sp³-hybridized carbons (Fsp3) is 0.200. The van der Waals surface area contributed by atoms with Crippen LogP contribution in [0.15, 0.2) is 59.2 Å². The molecule has 0 bridgehead atoms. The number of amides is 3. The summed E-state index contributed by atoms with van der Waals surface area (Å²) in [6, 6.07) is 14.4. The van der Waals surface area contributed by atoms with Crippen molar-refractivity contribution in [1.82, 2.24) is 15.6 Å². The maximum atomic E-state index is 12.4. The lowest BCUT2D eigenvalue weighted by atomic mass is 10.0. The van der Waals surface area contributed by atoms with E-state index < -0.39 is 12.1 Å². The summed E-state index contributed by atoms with van der Waals surface area (Å²) >= 11 is 3.40. The fourth-order valence-electron chi connectivity index (χ4n) is 3.08. The van der Waals surface area contributed by atoms with E-state index in [9.17, 15) is 9.59 Å². The van der Waals surface area contributed by atoms with Crippen molar-refractivity contribution < 1.29 is 9.59 Å². The first kappa shape index (κ1) is 19.0. The predicted molar refractivity (Wildman–Crippen MR) is 109 cm³/mol. The Bertz CT molecular complexity index is 954. The van der Waals surface area contributed by atoms with Crippen LogP contribution in [0.5, 0.6) is 0 Å². The van der Waals surface area contributed by atoms with Crippen LogP contribution in [0.2, 0.25) is 0 Å². The van der Waals surface area contributed by atoms with E-state index in [1.54, 1.807) is 0 Å². The summed E-state index contributed by atoms with van der Waals surface area (Å²) in [5.41, 5.74) is 8.32. The third kappa shape index (κ3) is 5.10. The lowest BCUT2D eigenvalue weighted by Crippen LogP contribution is -2.37. The topological polar surface area (TPSA) is 100 Å². The highest BCUT2D eigenvalue weighted by Gasteiger charge is 2.17. The molecule has 1 heterocycles. The number of benzene rings is 2. The molecule has 5 N–H and O–H groups in total. The third-order valence-electron chi connectivity index (χ3n) is 4.35. The second kappa shape index (κ2) is 8.73. The van der Waals surface area contributed by atoms with Crippen molar-refractivity contribution in [2.75, 3.05) is 6.54 Å². The number of halogens is 1. The first-order valence-corrected chi connectivity index (χ1v) is 9.45. The first-order chi connectivity index (χ1) is 13.0. The number of primary amides is 1. The van der Waals surface area contributed by atoms with Gasteiger partial charge in [-0.1, -0.05) is 46.3 Å². The van der Waals surface area contributed by atoms with Crippen LogP contribution >= 0.6 is 15.9 Å². The molecule has 3 amide bonds. The average Bonchev–Trinajstić information content (AvgIpc) is 3.04. The summed E-state index contributed by atoms with van der Waals surface area (Å²) in [5.74, 6) is -0.145. The van der Waals surface area contributed by atoms with Gasteiger partial charge in [0.2, 0.25) is 5.91 Å². The van der Waals surface area contributed by atoms with Gasteiger partial charge in [-0.15, -0.1) is 0 Å². The number of hydrogen-bond acceptors (Lipinski definition) is 2.